The molecule has 0 fully saturated rings. The number of aryl methyl sites for hydroxylation is 3. The Morgan fingerprint density at radius 1 is 0.952 bits per heavy atom. The summed E-state index contributed by atoms with van der Waals surface area (Å²) in [6, 6.07) is 18.3. The number of benzene rings is 3. The first kappa shape index (κ1) is 28.7. The van der Waals surface area contributed by atoms with Crippen LogP contribution in [0.3, 0.4) is 0 Å². The van der Waals surface area contributed by atoms with Crippen LogP contribution in [0.2, 0.25) is 5.02 Å². The van der Waals surface area contributed by atoms with Crippen molar-refractivity contribution in [1.82, 2.24) is 19.2 Å². The molecule has 220 valence electrons. The summed E-state index contributed by atoms with van der Waals surface area (Å²) in [5.74, 6) is 0.864. The molecule has 0 radical (unpaired) electrons. The monoisotopic (exact) mass is 586 g/mol. The first-order chi connectivity index (χ1) is 20.4. The van der Waals surface area contributed by atoms with Gasteiger partial charge in [0.25, 0.3) is 0 Å². The Balaban J connectivity index is 1.44. The fourth-order valence-electron chi connectivity index (χ4n) is 6.70. The van der Waals surface area contributed by atoms with Crippen molar-refractivity contribution in [2.45, 2.75) is 58.4 Å². The van der Waals surface area contributed by atoms with Crippen LogP contribution in [0.1, 0.15) is 55.1 Å². The molecular formula is C34H39ClN4O3. The number of aliphatic hydroxyl groups is 2. The minimum Gasteiger partial charge on any atom is -0.493 e. The minimum absolute atomic E-state index is 0.515. The highest BCUT2D eigenvalue weighted by Crippen LogP contribution is 2.44. The molecule has 0 amide bonds. The minimum atomic E-state index is -1.61. The van der Waals surface area contributed by atoms with Crippen molar-refractivity contribution < 1.29 is 14.9 Å². The van der Waals surface area contributed by atoms with Gasteiger partial charge in [0.05, 0.1) is 28.5 Å². The van der Waals surface area contributed by atoms with Crippen molar-refractivity contribution in [3.8, 4) is 16.9 Å². The molecule has 8 heteroatoms. The van der Waals surface area contributed by atoms with Crippen LogP contribution in [0.15, 0.2) is 54.6 Å². The third-order valence-corrected chi connectivity index (χ3v) is 8.87. The normalized spacial score (nSPS) is 14.5. The van der Waals surface area contributed by atoms with Gasteiger partial charge in [0.1, 0.15) is 5.75 Å². The third-order valence-electron chi connectivity index (χ3n) is 8.56. The number of aliphatic hydroxyl groups excluding tert-OH is 1. The largest absolute Gasteiger partial charge is 0.493 e. The molecule has 0 saturated carbocycles. The lowest BCUT2D eigenvalue weighted by molar-refractivity contribution is -0.0487. The number of rotatable bonds is 7. The zero-order valence-corrected chi connectivity index (χ0v) is 25.4. The molecule has 7 nitrogen and oxygen atoms in total. The highest BCUT2D eigenvalue weighted by molar-refractivity contribution is 6.35. The van der Waals surface area contributed by atoms with E-state index in [4.69, 9.17) is 21.4 Å². The number of fused-ring (bicyclic) bond motifs is 3. The van der Waals surface area contributed by atoms with Crippen molar-refractivity contribution in [2.75, 3.05) is 20.2 Å². The van der Waals surface area contributed by atoms with Gasteiger partial charge in [0, 0.05) is 47.7 Å². The van der Waals surface area contributed by atoms with Gasteiger partial charge in [0.2, 0.25) is 0 Å². The fraction of sp³-hybridized carbons (Fsp3) is 0.382. The van der Waals surface area contributed by atoms with E-state index < -0.39 is 6.29 Å². The summed E-state index contributed by atoms with van der Waals surface area (Å²) < 4.78 is 10.3. The lowest BCUT2D eigenvalue weighted by Crippen LogP contribution is -2.20. The topological polar surface area (TPSA) is 75.7 Å². The lowest BCUT2D eigenvalue weighted by Gasteiger charge is -2.16. The van der Waals surface area contributed by atoms with Crippen LogP contribution in [0, 0.1) is 0 Å². The number of nitrogens with zero attached hydrogens (tertiary/aromatic N) is 4. The number of halogens is 1. The molecule has 0 atom stereocenters. The number of hydrogen-bond donors (Lipinski definition) is 2. The smallest absolute Gasteiger partial charge is 0.194 e. The van der Waals surface area contributed by atoms with Gasteiger partial charge in [-0.15, -0.1) is 0 Å². The molecule has 6 rings (SSSR count). The predicted molar refractivity (Wildman–Crippen MR) is 169 cm³/mol. The maximum absolute atomic E-state index is 10.8. The molecule has 3 aromatic carbocycles. The van der Waals surface area contributed by atoms with Crippen molar-refractivity contribution in [2.24, 2.45) is 7.05 Å². The van der Waals surface area contributed by atoms with E-state index >= 15 is 0 Å². The van der Waals surface area contributed by atoms with E-state index in [2.05, 4.69) is 41.6 Å². The molecule has 5 aromatic rings. The summed E-state index contributed by atoms with van der Waals surface area (Å²) in [7, 11) is 4.13. The van der Waals surface area contributed by atoms with Crippen LogP contribution in [-0.2, 0) is 33.0 Å². The maximum atomic E-state index is 10.8. The molecule has 0 aliphatic carbocycles. The Hall–Kier alpha value is -3.36. The zero-order chi connectivity index (χ0) is 29.4. The maximum Gasteiger partial charge on any atom is 0.194 e. The second-order valence-electron chi connectivity index (χ2n) is 11.3. The van der Waals surface area contributed by atoms with Crippen molar-refractivity contribution in [3.63, 3.8) is 0 Å². The Morgan fingerprint density at radius 3 is 2.55 bits per heavy atom. The average molecular weight is 587 g/mol. The highest BCUT2D eigenvalue weighted by Gasteiger charge is 2.29. The summed E-state index contributed by atoms with van der Waals surface area (Å²) in [4.78, 5) is 2.31. The molecule has 2 N–H and O–H groups in total. The molecule has 0 unspecified atom stereocenters. The SMILES string of the molecule is CCc1c2c(nn1C)CN(C)CCCCn1c(C(O)O)c(CCCOc3cccc4ccccc34)c3ccc(Cl)c-2c31. The van der Waals surface area contributed by atoms with E-state index in [0.717, 1.165) is 94.3 Å². The van der Waals surface area contributed by atoms with Crippen LogP contribution in [0.25, 0.3) is 32.8 Å². The molecule has 1 aliphatic rings. The van der Waals surface area contributed by atoms with E-state index in [1.54, 1.807) is 0 Å². The van der Waals surface area contributed by atoms with Crippen molar-refractivity contribution in [3.05, 3.63) is 82.3 Å². The van der Waals surface area contributed by atoms with Gasteiger partial charge >= 0.3 is 0 Å². The number of aromatic nitrogens is 3. The van der Waals surface area contributed by atoms with Gasteiger partial charge in [-0.25, -0.2) is 0 Å². The first-order valence-electron chi connectivity index (χ1n) is 14.9. The summed E-state index contributed by atoms with van der Waals surface area (Å²) in [5.41, 5.74) is 6.57. The van der Waals surface area contributed by atoms with E-state index in [1.807, 2.05) is 48.1 Å². The van der Waals surface area contributed by atoms with Crippen molar-refractivity contribution >= 4 is 33.3 Å². The molecule has 42 heavy (non-hydrogen) atoms. The molecule has 0 spiro atoms. The van der Waals surface area contributed by atoms with E-state index in [1.165, 1.54) is 0 Å². The second kappa shape index (κ2) is 12.1. The first-order valence-corrected chi connectivity index (χ1v) is 15.3. The summed E-state index contributed by atoms with van der Waals surface area (Å²) in [5, 5.41) is 30.4. The van der Waals surface area contributed by atoms with Gasteiger partial charge < -0.3 is 24.4 Å². The number of hydrogen-bond acceptors (Lipinski definition) is 5. The number of ether oxygens (including phenoxy) is 1. The van der Waals surface area contributed by atoms with Gasteiger partial charge in [0.15, 0.2) is 6.29 Å². The molecule has 0 bridgehead atoms. The van der Waals surface area contributed by atoms with Gasteiger partial charge in [-0.2, -0.15) is 5.10 Å². The molecule has 1 aliphatic heterocycles. The van der Waals surface area contributed by atoms with Gasteiger partial charge in [-0.3, -0.25) is 4.68 Å². The summed E-state index contributed by atoms with van der Waals surface area (Å²) >= 11 is 7.05. The average Bonchev–Trinajstić information content (AvgIpc) is 3.45. The van der Waals surface area contributed by atoms with Crippen LogP contribution in [0.4, 0.5) is 0 Å². The van der Waals surface area contributed by atoms with E-state index in [-0.39, 0.29) is 0 Å². The standard InChI is InChI=1S/C34H39ClN4O3/c1-4-28-31-27(36-38(28)3)21-37(2)18-7-8-19-39-32-25(16-17-26(35)30(31)32)24(33(39)34(40)41)14-10-20-42-29-15-9-12-22-11-5-6-13-23(22)29/h5-6,9,11-13,15-17,34,40-41H,4,7-8,10,14,18-21H2,1-3H3. The van der Waals surface area contributed by atoms with Gasteiger partial charge in [-0.1, -0.05) is 61.0 Å². The van der Waals surface area contributed by atoms with Crippen molar-refractivity contribution in [1.29, 1.82) is 0 Å². The predicted octanol–water partition coefficient (Wildman–Crippen LogP) is 6.63. The van der Waals surface area contributed by atoms with Crippen LogP contribution >= 0.6 is 11.6 Å². The zero-order valence-electron chi connectivity index (χ0n) is 24.6. The fourth-order valence-corrected chi connectivity index (χ4v) is 6.95. The quantitative estimate of drug-likeness (QED) is 0.165. The highest BCUT2D eigenvalue weighted by atomic mass is 35.5. The Bertz CT molecular complexity index is 1730. The second-order valence-corrected chi connectivity index (χ2v) is 11.7. The van der Waals surface area contributed by atoms with Crippen LogP contribution in [-0.4, -0.2) is 49.7 Å². The van der Waals surface area contributed by atoms with Crippen LogP contribution < -0.4 is 4.74 Å². The molecule has 2 aromatic heterocycles. The van der Waals surface area contributed by atoms with Crippen LogP contribution in [0.5, 0.6) is 5.75 Å². The summed E-state index contributed by atoms with van der Waals surface area (Å²) in [6.45, 7) is 4.99. The molecule has 3 heterocycles. The van der Waals surface area contributed by atoms with Gasteiger partial charge in [-0.05, 0) is 68.8 Å². The Morgan fingerprint density at radius 2 is 1.74 bits per heavy atom. The van der Waals surface area contributed by atoms with E-state index in [0.29, 0.717) is 30.3 Å². The molecule has 0 saturated heterocycles. The van der Waals surface area contributed by atoms with E-state index in [9.17, 15) is 10.2 Å². The Labute approximate surface area is 251 Å². The molecular weight excluding hydrogens is 548 g/mol. The Kier molecular flexibility index (Phi) is 8.28. The lowest BCUT2D eigenvalue weighted by atomic mass is 9.97. The third kappa shape index (κ3) is 5.20. The summed E-state index contributed by atoms with van der Waals surface area (Å²) in [6.07, 6.45) is 2.47.